The Morgan fingerprint density at radius 3 is 2.26 bits per heavy atom. The second kappa shape index (κ2) is 8.25. The number of aliphatic hydroxyl groups excluding tert-OH is 1. The maximum absolute atomic E-state index is 13.2. The number of amides is 1. The molecule has 0 aliphatic carbocycles. The van der Waals surface area contributed by atoms with Gasteiger partial charge in [-0.15, -0.1) is 0 Å². The van der Waals surface area contributed by atoms with E-state index in [-0.39, 0.29) is 36.3 Å². The molecule has 3 atom stereocenters. The van der Waals surface area contributed by atoms with Gasteiger partial charge in [-0.2, -0.15) is 0 Å². The molecule has 3 aromatic rings. The van der Waals surface area contributed by atoms with Gasteiger partial charge in [0, 0.05) is 19.0 Å². The Morgan fingerprint density at radius 1 is 0.903 bits per heavy atom. The van der Waals surface area contributed by atoms with Crippen molar-refractivity contribution in [1.82, 2.24) is 9.80 Å². The number of fused-ring (bicyclic) bond motifs is 1. The molecule has 0 spiro atoms. The number of benzene rings is 3. The molecule has 0 unspecified atom stereocenters. The van der Waals surface area contributed by atoms with Gasteiger partial charge in [0.2, 0.25) is 5.91 Å². The van der Waals surface area contributed by atoms with Crippen LogP contribution in [0.1, 0.15) is 17.0 Å². The maximum Gasteiger partial charge on any atom is 0.237 e. The third kappa shape index (κ3) is 3.75. The van der Waals surface area contributed by atoms with Crippen molar-refractivity contribution in [3.05, 3.63) is 95.8 Å². The average molecular weight is 416 g/mol. The third-order valence-corrected chi connectivity index (χ3v) is 6.54. The molecule has 1 amide bonds. The van der Waals surface area contributed by atoms with Crippen LogP contribution in [0.3, 0.4) is 0 Å². The van der Waals surface area contributed by atoms with E-state index in [0.29, 0.717) is 13.1 Å². The highest BCUT2D eigenvalue weighted by Gasteiger charge is 2.53. The van der Waals surface area contributed by atoms with Crippen LogP contribution in [-0.2, 0) is 11.3 Å². The zero-order chi connectivity index (χ0) is 21.4. The van der Waals surface area contributed by atoms with Crippen LogP contribution in [0.5, 0.6) is 0 Å². The van der Waals surface area contributed by atoms with Gasteiger partial charge < -0.3 is 10.0 Å². The molecule has 31 heavy (non-hydrogen) atoms. The van der Waals surface area contributed by atoms with Gasteiger partial charge in [0.15, 0.2) is 0 Å². The summed E-state index contributed by atoms with van der Waals surface area (Å²) in [5, 5.41) is 9.99. The Labute approximate surface area is 181 Å². The van der Waals surface area contributed by atoms with Gasteiger partial charge in [-0.3, -0.25) is 9.69 Å². The summed E-state index contributed by atoms with van der Waals surface area (Å²) in [6.07, 6.45) is 0. The Morgan fingerprint density at radius 2 is 1.58 bits per heavy atom. The summed E-state index contributed by atoms with van der Waals surface area (Å²) in [6.45, 7) is 1.64. The van der Waals surface area contributed by atoms with Crippen molar-refractivity contribution >= 4 is 5.91 Å². The van der Waals surface area contributed by atoms with Crippen molar-refractivity contribution in [3.63, 3.8) is 0 Å². The van der Waals surface area contributed by atoms with Crippen LogP contribution in [0.4, 0.5) is 4.39 Å². The molecule has 2 fully saturated rings. The lowest BCUT2D eigenvalue weighted by Crippen LogP contribution is -2.72. The smallest absolute Gasteiger partial charge is 0.237 e. The molecule has 5 heteroatoms. The number of carbonyl (C=O) groups is 1. The minimum Gasteiger partial charge on any atom is -0.394 e. The van der Waals surface area contributed by atoms with E-state index >= 15 is 0 Å². The Kier molecular flexibility index (Phi) is 5.30. The molecule has 0 bridgehead atoms. The average Bonchev–Trinajstić information content (AvgIpc) is 2.78. The zero-order valence-corrected chi connectivity index (χ0v) is 17.2. The van der Waals surface area contributed by atoms with Gasteiger partial charge in [-0.25, -0.2) is 4.39 Å². The minimum absolute atomic E-state index is 0.0364. The monoisotopic (exact) mass is 416 g/mol. The maximum atomic E-state index is 13.2. The van der Waals surface area contributed by atoms with Crippen LogP contribution < -0.4 is 0 Å². The molecular weight excluding hydrogens is 391 g/mol. The molecule has 2 saturated heterocycles. The lowest BCUT2D eigenvalue weighted by atomic mass is 9.73. The molecule has 2 heterocycles. The van der Waals surface area contributed by atoms with Gasteiger partial charge in [0.05, 0.1) is 25.2 Å². The lowest BCUT2D eigenvalue weighted by molar-refractivity contribution is -0.162. The highest BCUT2D eigenvalue weighted by molar-refractivity contribution is 5.81. The van der Waals surface area contributed by atoms with Crippen molar-refractivity contribution in [2.75, 3.05) is 19.7 Å². The predicted octanol–water partition coefficient (Wildman–Crippen LogP) is 3.66. The van der Waals surface area contributed by atoms with E-state index < -0.39 is 0 Å². The highest BCUT2D eigenvalue weighted by Crippen LogP contribution is 2.43. The summed E-state index contributed by atoms with van der Waals surface area (Å²) in [5.41, 5.74) is 4.46. The van der Waals surface area contributed by atoms with E-state index in [0.717, 1.165) is 23.2 Å². The summed E-state index contributed by atoms with van der Waals surface area (Å²) in [6, 6.07) is 25.0. The van der Waals surface area contributed by atoms with Crippen molar-refractivity contribution in [3.8, 4) is 11.1 Å². The third-order valence-electron chi connectivity index (χ3n) is 6.54. The zero-order valence-electron chi connectivity index (χ0n) is 17.2. The van der Waals surface area contributed by atoms with Crippen molar-refractivity contribution in [2.45, 2.75) is 24.5 Å². The molecule has 4 nitrogen and oxygen atoms in total. The molecule has 158 valence electrons. The fourth-order valence-corrected chi connectivity index (χ4v) is 5.06. The Hall–Kier alpha value is -3.02. The van der Waals surface area contributed by atoms with Crippen molar-refractivity contribution in [1.29, 1.82) is 0 Å². The highest BCUT2D eigenvalue weighted by atomic mass is 19.1. The Balaban J connectivity index is 1.35. The van der Waals surface area contributed by atoms with Gasteiger partial charge in [-0.05, 0) is 34.4 Å². The first-order chi connectivity index (χ1) is 15.1. The van der Waals surface area contributed by atoms with Crippen LogP contribution in [0.2, 0.25) is 0 Å². The van der Waals surface area contributed by atoms with Crippen molar-refractivity contribution in [2.24, 2.45) is 0 Å². The largest absolute Gasteiger partial charge is 0.394 e. The van der Waals surface area contributed by atoms with E-state index in [2.05, 4.69) is 41.3 Å². The topological polar surface area (TPSA) is 43.8 Å². The summed E-state index contributed by atoms with van der Waals surface area (Å²) >= 11 is 0. The summed E-state index contributed by atoms with van der Waals surface area (Å²) in [4.78, 5) is 16.8. The Bertz CT molecular complexity index is 1050. The van der Waals surface area contributed by atoms with Crippen LogP contribution in [-0.4, -0.2) is 52.6 Å². The van der Waals surface area contributed by atoms with E-state index in [1.807, 2.05) is 23.1 Å². The van der Waals surface area contributed by atoms with Gasteiger partial charge in [0.25, 0.3) is 0 Å². The fraction of sp³-hybridized carbons (Fsp3) is 0.269. The van der Waals surface area contributed by atoms with Crippen LogP contribution >= 0.6 is 0 Å². The standard InChI is InChI=1S/C26H25FN2O2/c27-22-12-6-18(7-13-22)14-28-15-23-26(24(17-30)29(23)25(31)16-28)21-10-8-20(9-11-21)19-4-2-1-3-5-19/h1-13,23-24,26,30H,14-17H2/t23-,24+,26+/m1/s1. The molecule has 2 aliphatic heterocycles. The number of nitrogens with zero attached hydrogens (tertiary/aromatic N) is 2. The number of carbonyl (C=O) groups excluding carboxylic acids is 1. The molecule has 0 saturated carbocycles. The number of piperazine rings is 1. The van der Waals surface area contributed by atoms with Crippen LogP contribution in [0, 0.1) is 5.82 Å². The molecule has 0 aromatic heterocycles. The predicted molar refractivity (Wildman–Crippen MR) is 118 cm³/mol. The van der Waals surface area contributed by atoms with Crippen LogP contribution in [0.25, 0.3) is 11.1 Å². The van der Waals surface area contributed by atoms with Crippen molar-refractivity contribution < 1.29 is 14.3 Å². The lowest BCUT2D eigenvalue weighted by Gasteiger charge is -2.59. The normalized spacial score (nSPS) is 23.4. The van der Waals surface area contributed by atoms with Gasteiger partial charge in [0.1, 0.15) is 5.82 Å². The number of hydrogen-bond donors (Lipinski definition) is 1. The van der Waals surface area contributed by atoms with Crippen LogP contribution in [0.15, 0.2) is 78.9 Å². The molecular formula is C26H25FN2O2. The molecule has 2 aliphatic rings. The van der Waals surface area contributed by atoms with E-state index in [1.165, 1.54) is 17.7 Å². The second-order valence-electron chi connectivity index (χ2n) is 8.43. The first-order valence-corrected chi connectivity index (χ1v) is 10.7. The first kappa shape index (κ1) is 19.9. The van der Waals surface area contributed by atoms with E-state index in [9.17, 15) is 14.3 Å². The summed E-state index contributed by atoms with van der Waals surface area (Å²) < 4.78 is 13.2. The number of halogens is 1. The van der Waals surface area contributed by atoms with E-state index in [4.69, 9.17) is 0 Å². The quantitative estimate of drug-likeness (QED) is 0.690. The molecule has 5 rings (SSSR count). The summed E-state index contributed by atoms with van der Waals surface area (Å²) in [5.74, 6) is -0.0993. The second-order valence-corrected chi connectivity index (χ2v) is 8.43. The van der Waals surface area contributed by atoms with Gasteiger partial charge in [-0.1, -0.05) is 66.7 Å². The van der Waals surface area contributed by atoms with Gasteiger partial charge >= 0.3 is 0 Å². The fourth-order valence-electron chi connectivity index (χ4n) is 5.06. The number of hydrogen-bond acceptors (Lipinski definition) is 3. The molecule has 1 N–H and O–H groups in total. The minimum atomic E-state index is -0.256. The number of aliphatic hydroxyl groups is 1. The van der Waals surface area contributed by atoms with E-state index in [1.54, 1.807) is 12.1 Å². The molecule has 3 aromatic carbocycles. The summed E-state index contributed by atoms with van der Waals surface area (Å²) in [7, 11) is 0. The SMILES string of the molecule is O=C1CN(Cc2ccc(F)cc2)C[C@@H]2[C@H](c3ccc(-c4ccccc4)cc3)[C@H](CO)N12. The first-order valence-electron chi connectivity index (χ1n) is 10.7. The number of rotatable bonds is 5. The molecule has 0 radical (unpaired) electrons.